The van der Waals surface area contributed by atoms with Crippen LogP contribution in [-0.2, 0) is 4.79 Å². The monoisotopic (exact) mass is 337 g/mol. The van der Waals surface area contributed by atoms with Gasteiger partial charge >= 0.3 is 0 Å². The number of nitrogens with one attached hydrogen (secondary N) is 2. The molecule has 1 saturated heterocycles. The van der Waals surface area contributed by atoms with E-state index in [1.165, 1.54) is 12.8 Å². The normalized spacial score (nSPS) is 20.8. The maximum Gasteiger partial charge on any atom is 0.251 e. The summed E-state index contributed by atoms with van der Waals surface area (Å²) in [4.78, 5) is 26.1. The van der Waals surface area contributed by atoms with E-state index in [-0.39, 0.29) is 18.0 Å². The highest BCUT2D eigenvalue weighted by Crippen LogP contribution is 2.31. The molecule has 2 N–H and O–H groups in total. The van der Waals surface area contributed by atoms with Crippen LogP contribution in [0.4, 0.5) is 8.78 Å². The first-order chi connectivity index (χ1) is 11.5. The Morgan fingerprint density at radius 3 is 2.46 bits per heavy atom. The van der Waals surface area contributed by atoms with Gasteiger partial charge in [-0.2, -0.15) is 0 Å². The topological polar surface area (TPSA) is 61.4 Å². The average Bonchev–Trinajstić information content (AvgIpc) is 3.28. The minimum Gasteiger partial charge on any atom is -0.354 e. The number of rotatable bonds is 6. The molecule has 0 bridgehead atoms. The van der Waals surface area contributed by atoms with Crippen molar-refractivity contribution in [3.8, 4) is 0 Å². The van der Waals surface area contributed by atoms with E-state index < -0.39 is 17.5 Å². The predicted molar refractivity (Wildman–Crippen MR) is 84.4 cm³/mol. The van der Waals surface area contributed by atoms with Gasteiger partial charge in [0.05, 0.1) is 6.54 Å². The molecule has 2 amide bonds. The number of amides is 2. The molecule has 2 aliphatic rings. The van der Waals surface area contributed by atoms with Gasteiger partial charge in [-0.15, -0.1) is 0 Å². The van der Waals surface area contributed by atoms with Gasteiger partial charge in [0.25, 0.3) is 5.91 Å². The molecule has 1 aromatic carbocycles. The van der Waals surface area contributed by atoms with Crippen LogP contribution in [0.3, 0.4) is 0 Å². The SMILES string of the molecule is O=C(CNC(=O)c1cc(F)cc(F)c1)NCC1CCN(C2CC2)C1. The van der Waals surface area contributed by atoms with Gasteiger partial charge in [-0.1, -0.05) is 0 Å². The van der Waals surface area contributed by atoms with Crippen molar-refractivity contribution < 1.29 is 18.4 Å². The van der Waals surface area contributed by atoms with E-state index >= 15 is 0 Å². The number of carbonyl (C=O) groups is 2. The third-order valence-corrected chi connectivity index (χ3v) is 4.50. The number of nitrogens with zero attached hydrogens (tertiary/aromatic N) is 1. The van der Waals surface area contributed by atoms with E-state index in [0.29, 0.717) is 18.5 Å². The molecular weight excluding hydrogens is 316 g/mol. The van der Waals surface area contributed by atoms with E-state index in [0.717, 1.165) is 37.7 Å². The summed E-state index contributed by atoms with van der Waals surface area (Å²) in [5.74, 6) is -2.19. The molecule has 0 spiro atoms. The van der Waals surface area contributed by atoms with Crippen LogP contribution in [0.15, 0.2) is 18.2 Å². The van der Waals surface area contributed by atoms with E-state index in [1.54, 1.807) is 0 Å². The van der Waals surface area contributed by atoms with Crippen LogP contribution < -0.4 is 10.6 Å². The quantitative estimate of drug-likeness (QED) is 0.822. The molecule has 1 heterocycles. The number of hydrogen-bond acceptors (Lipinski definition) is 3. The largest absolute Gasteiger partial charge is 0.354 e. The van der Waals surface area contributed by atoms with Crippen molar-refractivity contribution in [2.75, 3.05) is 26.2 Å². The Labute approximate surface area is 139 Å². The van der Waals surface area contributed by atoms with Gasteiger partial charge < -0.3 is 15.5 Å². The molecule has 0 aromatic heterocycles. The first-order valence-electron chi connectivity index (χ1n) is 8.26. The summed E-state index contributed by atoms with van der Waals surface area (Å²) < 4.78 is 26.1. The highest BCUT2D eigenvalue weighted by Gasteiger charge is 2.34. The smallest absolute Gasteiger partial charge is 0.251 e. The molecule has 1 atom stereocenters. The number of likely N-dealkylation sites (tertiary alicyclic amines) is 1. The Balaban J connectivity index is 1.38. The van der Waals surface area contributed by atoms with Crippen LogP contribution in [0.25, 0.3) is 0 Å². The van der Waals surface area contributed by atoms with Crippen LogP contribution in [-0.4, -0.2) is 48.9 Å². The summed E-state index contributed by atoms with van der Waals surface area (Å²) in [6.07, 6.45) is 3.64. The fourth-order valence-electron chi connectivity index (χ4n) is 3.07. The maximum atomic E-state index is 13.1. The summed E-state index contributed by atoms with van der Waals surface area (Å²) in [6, 6.07) is 3.30. The lowest BCUT2D eigenvalue weighted by Gasteiger charge is -2.15. The zero-order valence-corrected chi connectivity index (χ0v) is 13.4. The molecule has 130 valence electrons. The second-order valence-corrected chi connectivity index (χ2v) is 6.53. The zero-order chi connectivity index (χ0) is 17.1. The summed E-state index contributed by atoms with van der Waals surface area (Å²) in [7, 11) is 0. The summed E-state index contributed by atoms with van der Waals surface area (Å²) >= 11 is 0. The molecule has 1 aliphatic heterocycles. The first kappa shape index (κ1) is 16.8. The van der Waals surface area contributed by atoms with Crippen molar-refractivity contribution >= 4 is 11.8 Å². The van der Waals surface area contributed by atoms with Gasteiger partial charge in [0, 0.05) is 30.8 Å². The van der Waals surface area contributed by atoms with Crippen molar-refractivity contribution in [3.05, 3.63) is 35.4 Å². The first-order valence-corrected chi connectivity index (χ1v) is 8.26. The second kappa shape index (κ2) is 7.25. The molecule has 1 aliphatic carbocycles. The Kier molecular flexibility index (Phi) is 5.08. The van der Waals surface area contributed by atoms with Crippen LogP contribution in [0.2, 0.25) is 0 Å². The number of benzene rings is 1. The zero-order valence-electron chi connectivity index (χ0n) is 13.4. The lowest BCUT2D eigenvalue weighted by Crippen LogP contribution is -2.39. The van der Waals surface area contributed by atoms with Gasteiger partial charge in [-0.3, -0.25) is 9.59 Å². The minimum atomic E-state index is -0.828. The predicted octanol–water partition coefficient (Wildman–Crippen LogP) is 1.30. The lowest BCUT2D eigenvalue weighted by molar-refractivity contribution is -0.120. The maximum absolute atomic E-state index is 13.1. The number of halogens is 2. The van der Waals surface area contributed by atoms with Crippen molar-refractivity contribution in [1.82, 2.24) is 15.5 Å². The number of carbonyl (C=O) groups excluding carboxylic acids is 2. The van der Waals surface area contributed by atoms with Crippen LogP contribution in [0.1, 0.15) is 29.6 Å². The third kappa shape index (κ3) is 4.50. The highest BCUT2D eigenvalue weighted by molar-refractivity contribution is 5.96. The molecule has 5 nitrogen and oxygen atoms in total. The molecular formula is C17H21F2N3O2. The van der Waals surface area contributed by atoms with Gasteiger partial charge in [0.15, 0.2) is 0 Å². The van der Waals surface area contributed by atoms with Crippen molar-refractivity contribution in [2.45, 2.75) is 25.3 Å². The van der Waals surface area contributed by atoms with E-state index in [1.807, 2.05) is 0 Å². The van der Waals surface area contributed by atoms with Crippen molar-refractivity contribution in [3.63, 3.8) is 0 Å². The lowest BCUT2D eigenvalue weighted by atomic mass is 10.1. The molecule has 3 rings (SSSR count). The standard InChI is InChI=1S/C17H21F2N3O2/c18-13-5-12(6-14(19)7-13)17(24)21-9-16(23)20-8-11-3-4-22(10-11)15-1-2-15/h5-7,11,15H,1-4,8-10H2,(H,20,23)(H,21,24). The Bertz CT molecular complexity index is 614. The average molecular weight is 337 g/mol. The summed E-state index contributed by atoms with van der Waals surface area (Å²) in [5.41, 5.74) is -0.142. The van der Waals surface area contributed by atoms with E-state index in [2.05, 4.69) is 15.5 Å². The second-order valence-electron chi connectivity index (χ2n) is 6.53. The Morgan fingerprint density at radius 1 is 1.08 bits per heavy atom. The summed E-state index contributed by atoms with van der Waals surface area (Å²) in [5, 5.41) is 5.18. The minimum absolute atomic E-state index is 0.142. The Hall–Kier alpha value is -2.02. The molecule has 24 heavy (non-hydrogen) atoms. The van der Waals surface area contributed by atoms with E-state index in [9.17, 15) is 18.4 Å². The molecule has 1 aromatic rings. The van der Waals surface area contributed by atoms with Crippen LogP contribution in [0, 0.1) is 17.6 Å². The van der Waals surface area contributed by atoms with Crippen molar-refractivity contribution in [1.29, 1.82) is 0 Å². The molecule has 2 fully saturated rings. The number of hydrogen-bond donors (Lipinski definition) is 2. The van der Waals surface area contributed by atoms with Gasteiger partial charge in [0.1, 0.15) is 11.6 Å². The molecule has 7 heteroatoms. The molecule has 0 radical (unpaired) electrons. The molecule has 1 saturated carbocycles. The van der Waals surface area contributed by atoms with Gasteiger partial charge in [-0.25, -0.2) is 8.78 Å². The van der Waals surface area contributed by atoms with Crippen LogP contribution >= 0.6 is 0 Å². The van der Waals surface area contributed by atoms with Crippen LogP contribution in [0.5, 0.6) is 0 Å². The van der Waals surface area contributed by atoms with Gasteiger partial charge in [0.2, 0.25) is 5.91 Å². The Morgan fingerprint density at radius 2 is 1.79 bits per heavy atom. The van der Waals surface area contributed by atoms with Gasteiger partial charge in [-0.05, 0) is 43.9 Å². The molecule has 1 unspecified atom stereocenters. The fraction of sp³-hybridized carbons (Fsp3) is 0.529. The van der Waals surface area contributed by atoms with E-state index in [4.69, 9.17) is 0 Å². The summed E-state index contributed by atoms with van der Waals surface area (Å²) in [6.45, 7) is 2.48. The highest BCUT2D eigenvalue weighted by atomic mass is 19.1. The van der Waals surface area contributed by atoms with Crippen molar-refractivity contribution in [2.24, 2.45) is 5.92 Å². The fourth-order valence-corrected chi connectivity index (χ4v) is 3.07. The third-order valence-electron chi connectivity index (χ3n) is 4.50.